The zero-order valence-corrected chi connectivity index (χ0v) is 8.68. The van der Waals surface area contributed by atoms with Crippen LogP contribution >= 0.6 is 0 Å². The maximum Gasteiger partial charge on any atom is 0.0797 e. The number of hydrogen-bond acceptors (Lipinski definition) is 3. The van der Waals surface area contributed by atoms with E-state index >= 15 is 0 Å². The highest BCUT2D eigenvalue weighted by Crippen LogP contribution is 2.26. The Balaban J connectivity index is 1.85. The lowest BCUT2D eigenvalue weighted by molar-refractivity contribution is -0.0656. The number of ether oxygens (including phenoxy) is 1. The zero-order chi connectivity index (χ0) is 9.31. The molecule has 1 N–H and O–H groups in total. The summed E-state index contributed by atoms with van der Waals surface area (Å²) in [5, 5.41) is 3.34. The number of likely N-dealkylation sites (tertiary alicyclic amines) is 1. The van der Waals surface area contributed by atoms with E-state index in [1.165, 1.54) is 19.4 Å². The van der Waals surface area contributed by atoms with Crippen LogP contribution in [0.4, 0.5) is 0 Å². The van der Waals surface area contributed by atoms with Gasteiger partial charge in [-0.15, -0.1) is 0 Å². The number of hydrogen-bond donors (Lipinski definition) is 1. The minimum atomic E-state index is 0.117. The number of rotatable bonds is 2. The minimum Gasteiger partial charge on any atom is -0.369 e. The van der Waals surface area contributed by atoms with Gasteiger partial charge in [0.2, 0.25) is 0 Å². The predicted molar refractivity (Wildman–Crippen MR) is 52.9 cm³/mol. The molecule has 2 aliphatic heterocycles. The van der Waals surface area contributed by atoms with Crippen LogP contribution in [0, 0.1) is 0 Å². The molecule has 2 fully saturated rings. The summed E-state index contributed by atoms with van der Waals surface area (Å²) in [5.41, 5.74) is 0.117. The van der Waals surface area contributed by atoms with E-state index in [4.69, 9.17) is 4.74 Å². The average Bonchev–Trinajstić information content (AvgIpc) is 2.62. The van der Waals surface area contributed by atoms with Crippen LogP contribution in [0.15, 0.2) is 0 Å². The molecule has 0 aliphatic carbocycles. The molecule has 0 spiro atoms. The Morgan fingerprint density at radius 1 is 1.54 bits per heavy atom. The van der Waals surface area contributed by atoms with Gasteiger partial charge in [-0.25, -0.2) is 0 Å². The molecule has 3 nitrogen and oxygen atoms in total. The molecule has 0 aromatic rings. The van der Waals surface area contributed by atoms with Gasteiger partial charge in [0.1, 0.15) is 0 Å². The van der Waals surface area contributed by atoms with Crippen LogP contribution in [-0.2, 0) is 4.74 Å². The van der Waals surface area contributed by atoms with Crippen LogP contribution in [0.5, 0.6) is 0 Å². The van der Waals surface area contributed by atoms with Crippen LogP contribution in [0.25, 0.3) is 0 Å². The fourth-order valence-corrected chi connectivity index (χ4v) is 2.38. The highest BCUT2D eigenvalue weighted by Gasteiger charge is 2.35. The summed E-state index contributed by atoms with van der Waals surface area (Å²) in [6, 6.07) is 0. The molecule has 13 heavy (non-hydrogen) atoms. The second kappa shape index (κ2) is 3.56. The fraction of sp³-hybridized carbons (Fsp3) is 1.00. The van der Waals surface area contributed by atoms with E-state index in [1.807, 2.05) is 0 Å². The maximum atomic E-state index is 6.13. The summed E-state index contributed by atoms with van der Waals surface area (Å²) in [6.45, 7) is 6.67. The van der Waals surface area contributed by atoms with Crippen molar-refractivity contribution < 1.29 is 4.74 Å². The first-order valence-corrected chi connectivity index (χ1v) is 5.25. The van der Waals surface area contributed by atoms with Gasteiger partial charge < -0.3 is 15.0 Å². The third-order valence-corrected chi connectivity index (χ3v) is 3.09. The number of nitrogens with one attached hydrogen (secondary N) is 1. The van der Waals surface area contributed by atoms with Gasteiger partial charge in [-0.2, -0.15) is 0 Å². The van der Waals surface area contributed by atoms with E-state index in [-0.39, 0.29) is 5.60 Å². The first-order valence-electron chi connectivity index (χ1n) is 5.25. The van der Waals surface area contributed by atoms with Crippen molar-refractivity contribution in [3.8, 4) is 0 Å². The summed E-state index contributed by atoms with van der Waals surface area (Å²) in [7, 11) is 2.17. The Kier molecular flexibility index (Phi) is 2.58. The molecule has 0 aromatic heterocycles. The summed E-state index contributed by atoms with van der Waals surface area (Å²) in [5.74, 6) is 0. The topological polar surface area (TPSA) is 24.5 Å². The van der Waals surface area contributed by atoms with Crippen molar-refractivity contribution in [1.29, 1.82) is 0 Å². The first-order chi connectivity index (χ1) is 6.18. The van der Waals surface area contributed by atoms with Crippen molar-refractivity contribution in [2.75, 3.05) is 33.2 Å². The van der Waals surface area contributed by atoms with E-state index in [2.05, 4.69) is 24.2 Å². The van der Waals surface area contributed by atoms with Gasteiger partial charge in [0.15, 0.2) is 0 Å². The second-order valence-corrected chi connectivity index (χ2v) is 4.67. The highest BCUT2D eigenvalue weighted by atomic mass is 16.5. The van der Waals surface area contributed by atoms with Gasteiger partial charge in [-0.1, -0.05) is 0 Å². The summed E-state index contributed by atoms with van der Waals surface area (Å²) in [4.78, 5) is 2.35. The van der Waals surface area contributed by atoms with Gasteiger partial charge in [0, 0.05) is 19.6 Å². The Morgan fingerprint density at radius 3 is 2.92 bits per heavy atom. The van der Waals surface area contributed by atoms with E-state index in [0.29, 0.717) is 6.10 Å². The molecular weight excluding hydrogens is 164 g/mol. The second-order valence-electron chi connectivity index (χ2n) is 4.67. The van der Waals surface area contributed by atoms with E-state index < -0.39 is 0 Å². The van der Waals surface area contributed by atoms with Crippen LogP contribution < -0.4 is 5.32 Å². The molecule has 0 bridgehead atoms. The van der Waals surface area contributed by atoms with Gasteiger partial charge in [-0.3, -0.25) is 0 Å². The Morgan fingerprint density at radius 2 is 2.38 bits per heavy atom. The Hall–Kier alpha value is -0.120. The summed E-state index contributed by atoms with van der Waals surface area (Å²) < 4.78 is 6.13. The van der Waals surface area contributed by atoms with Gasteiger partial charge in [0.25, 0.3) is 0 Å². The van der Waals surface area contributed by atoms with Crippen LogP contribution in [0.3, 0.4) is 0 Å². The predicted octanol–water partition coefficient (Wildman–Crippen LogP) is 0.459. The lowest BCUT2D eigenvalue weighted by atomic mass is 10.1. The Bertz CT molecular complexity index is 180. The van der Waals surface area contributed by atoms with Gasteiger partial charge in [-0.05, 0) is 33.4 Å². The number of nitrogens with zero attached hydrogens (tertiary/aromatic N) is 1. The van der Waals surface area contributed by atoms with E-state index in [9.17, 15) is 0 Å². The molecule has 2 aliphatic rings. The quantitative estimate of drug-likeness (QED) is 0.675. The van der Waals surface area contributed by atoms with Crippen molar-refractivity contribution in [2.24, 2.45) is 0 Å². The largest absolute Gasteiger partial charge is 0.369 e. The first kappa shape index (κ1) is 9.44. The molecule has 2 saturated heterocycles. The lowest BCUT2D eigenvalue weighted by Crippen LogP contribution is -2.36. The van der Waals surface area contributed by atoms with Crippen LogP contribution in [0.2, 0.25) is 0 Å². The minimum absolute atomic E-state index is 0.117. The summed E-state index contributed by atoms with van der Waals surface area (Å²) in [6.07, 6.45) is 2.82. The molecule has 0 radical (unpaired) electrons. The highest BCUT2D eigenvalue weighted by molar-refractivity contribution is 4.88. The molecule has 0 saturated carbocycles. The average molecular weight is 184 g/mol. The maximum absolute atomic E-state index is 6.13. The van der Waals surface area contributed by atoms with Crippen molar-refractivity contribution in [3.63, 3.8) is 0 Å². The third-order valence-electron chi connectivity index (χ3n) is 3.09. The summed E-state index contributed by atoms with van der Waals surface area (Å²) >= 11 is 0. The monoisotopic (exact) mass is 184 g/mol. The molecular formula is C10H20N2O. The van der Waals surface area contributed by atoms with Crippen LogP contribution in [0.1, 0.15) is 19.8 Å². The van der Waals surface area contributed by atoms with Crippen molar-refractivity contribution in [2.45, 2.75) is 31.5 Å². The SMILES string of the molecule is CN1CCC(C)(OC2CCNC2)C1. The standard InChI is InChI=1S/C10H20N2O/c1-10(4-6-12(2)8-10)13-9-3-5-11-7-9/h9,11H,3-8H2,1-2H3. The molecule has 2 atom stereocenters. The third kappa shape index (κ3) is 2.22. The van der Waals surface area contributed by atoms with E-state index in [1.54, 1.807) is 0 Å². The van der Waals surface area contributed by atoms with Gasteiger partial charge >= 0.3 is 0 Å². The van der Waals surface area contributed by atoms with Crippen molar-refractivity contribution >= 4 is 0 Å². The van der Waals surface area contributed by atoms with Crippen molar-refractivity contribution in [3.05, 3.63) is 0 Å². The molecule has 0 aromatic carbocycles. The molecule has 2 heterocycles. The Labute approximate surface area is 80.4 Å². The zero-order valence-electron chi connectivity index (χ0n) is 8.68. The smallest absolute Gasteiger partial charge is 0.0797 e. The number of likely N-dealkylation sites (N-methyl/N-ethyl adjacent to an activating group) is 1. The molecule has 2 unspecified atom stereocenters. The normalized spacial score (nSPS) is 41.5. The van der Waals surface area contributed by atoms with E-state index in [0.717, 1.165) is 19.6 Å². The van der Waals surface area contributed by atoms with Crippen molar-refractivity contribution in [1.82, 2.24) is 10.2 Å². The molecule has 2 rings (SSSR count). The fourth-order valence-electron chi connectivity index (χ4n) is 2.38. The lowest BCUT2D eigenvalue weighted by Gasteiger charge is -2.28. The van der Waals surface area contributed by atoms with Gasteiger partial charge in [0.05, 0.1) is 11.7 Å². The molecule has 0 amide bonds. The molecule has 3 heteroatoms. The van der Waals surface area contributed by atoms with Crippen LogP contribution in [-0.4, -0.2) is 49.8 Å². The molecule has 76 valence electrons.